The molecule has 0 aliphatic heterocycles. The predicted octanol–water partition coefficient (Wildman–Crippen LogP) is 5.16. The molecule has 0 saturated heterocycles. The lowest BCUT2D eigenvalue weighted by molar-refractivity contribution is -0.137. The van der Waals surface area contributed by atoms with Crippen LogP contribution in [0.15, 0.2) is 30.3 Å². The van der Waals surface area contributed by atoms with Crippen LogP contribution in [-0.4, -0.2) is 29.9 Å². The second-order valence-electron chi connectivity index (χ2n) is 8.15. The first kappa shape index (κ1) is 23.2. The van der Waals surface area contributed by atoms with Crippen LogP contribution in [0.1, 0.15) is 49.9 Å². The van der Waals surface area contributed by atoms with Crippen molar-refractivity contribution in [2.24, 2.45) is 0 Å². The fourth-order valence-corrected chi connectivity index (χ4v) is 3.24. The highest BCUT2D eigenvalue weighted by atomic mass is 19.1. The van der Waals surface area contributed by atoms with Crippen molar-refractivity contribution in [1.29, 1.82) is 0 Å². The summed E-state index contributed by atoms with van der Waals surface area (Å²) in [4.78, 5) is 23.7. The van der Waals surface area contributed by atoms with E-state index in [1.807, 2.05) is 19.1 Å². The summed E-state index contributed by atoms with van der Waals surface area (Å²) in [5, 5.41) is 11.8. The quantitative estimate of drug-likeness (QED) is 0.678. The number of halogens is 1. The van der Waals surface area contributed by atoms with E-state index in [1.165, 1.54) is 0 Å². The number of methoxy groups -OCH3 is 1. The molecule has 6 nitrogen and oxygen atoms in total. The highest BCUT2D eigenvalue weighted by Gasteiger charge is 2.26. The number of carboxylic acid groups (broad SMARTS) is 1. The van der Waals surface area contributed by atoms with Crippen molar-refractivity contribution in [1.82, 2.24) is 5.32 Å². The van der Waals surface area contributed by atoms with Crippen LogP contribution in [0.25, 0.3) is 11.1 Å². The third-order valence-corrected chi connectivity index (χ3v) is 4.47. The minimum absolute atomic E-state index is 0.0727. The van der Waals surface area contributed by atoms with Gasteiger partial charge in [0.2, 0.25) is 0 Å². The van der Waals surface area contributed by atoms with Crippen LogP contribution in [0, 0.1) is 19.7 Å². The molecule has 2 N–H and O–H groups in total. The summed E-state index contributed by atoms with van der Waals surface area (Å²) in [7, 11) is 1.55. The second kappa shape index (κ2) is 9.15. The number of carbonyl (C=O) groups excluding carboxylic acids is 1. The summed E-state index contributed by atoms with van der Waals surface area (Å²) >= 11 is 0. The zero-order valence-corrected chi connectivity index (χ0v) is 18.1. The van der Waals surface area contributed by atoms with Gasteiger partial charge in [0, 0.05) is 11.1 Å². The number of aryl methyl sites for hydroxylation is 2. The summed E-state index contributed by atoms with van der Waals surface area (Å²) in [6, 6.07) is 7.68. The molecule has 2 rings (SSSR count). The molecule has 0 aromatic heterocycles. The molecule has 2 aromatic rings. The summed E-state index contributed by atoms with van der Waals surface area (Å²) in [5.41, 5.74) is 1.98. The fourth-order valence-electron chi connectivity index (χ4n) is 3.24. The normalized spacial score (nSPS) is 12.2. The molecule has 0 radical (unpaired) electrons. The van der Waals surface area contributed by atoms with E-state index in [0.29, 0.717) is 16.9 Å². The lowest BCUT2D eigenvalue weighted by atomic mass is 9.92. The minimum atomic E-state index is -1.17. The van der Waals surface area contributed by atoms with Gasteiger partial charge in [0.15, 0.2) is 0 Å². The molecule has 162 valence electrons. The van der Waals surface area contributed by atoms with Gasteiger partial charge in [0.1, 0.15) is 17.2 Å². The third kappa shape index (κ3) is 5.72. The van der Waals surface area contributed by atoms with Gasteiger partial charge in [0.25, 0.3) is 0 Å². The molecule has 1 amide bonds. The average molecular weight is 417 g/mol. The first-order valence-electron chi connectivity index (χ1n) is 9.58. The molecular formula is C23H28FNO5. The first-order valence-corrected chi connectivity index (χ1v) is 9.58. The Labute approximate surface area is 176 Å². The molecule has 0 fully saturated rings. The Morgan fingerprint density at radius 2 is 1.83 bits per heavy atom. The van der Waals surface area contributed by atoms with Crippen LogP contribution in [0.4, 0.5) is 9.18 Å². The number of rotatable bonds is 6. The summed E-state index contributed by atoms with van der Waals surface area (Å²) in [5.74, 6) is -1.14. The van der Waals surface area contributed by atoms with Gasteiger partial charge in [-0.05, 0) is 69.5 Å². The van der Waals surface area contributed by atoms with Crippen molar-refractivity contribution in [2.45, 2.75) is 52.7 Å². The number of carboxylic acids is 1. The highest BCUT2D eigenvalue weighted by Crippen LogP contribution is 2.36. The number of aliphatic carboxylic acids is 1. The zero-order chi connectivity index (χ0) is 22.6. The maximum Gasteiger partial charge on any atom is 0.408 e. The van der Waals surface area contributed by atoms with Gasteiger partial charge >= 0.3 is 12.1 Å². The van der Waals surface area contributed by atoms with Crippen molar-refractivity contribution < 1.29 is 28.6 Å². The number of amides is 1. The van der Waals surface area contributed by atoms with Gasteiger partial charge < -0.3 is 19.9 Å². The zero-order valence-electron chi connectivity index (χ0n) is 18.1. The molecule has 2 aromatic carbocycles. The summed E-state index contributed by atoms with van der Waals surface area (Å²) in [6.45, 7) is 8.57. The maximum atomic E-state index is 15.1. The molecule has 7 heteroatoms. The molecule has 0 aliphatic rings. The number of ether oxygens (including phenoxy) is 2. The number of nitrogens with one attached hydrogen (secondary N) is 1. The van der Waals surface area contributed by atoms with E-state index in [4.69, 9.17) is 9.47 Å². The smallest absolute Gasteiger partial charge is 0.408 e. The van der Waals surface area contributed by atoms with E-state index in [1.54, 1.807) is 53.0 Å². The molecule has 0 saturated carbocycles. The van der Waals surface area contributed by atoms with Crippen molar-refractivity contribution in [3.8, 4) is 16.9 Å². The lowest BCUT2D eigenvalue weighted by Gasteiger charge is -2.24. The van der Waals surface area contributed by atoms with Crippen LogP contribution in [0.3, 0.4) is 0 Å². The third-order valence-electron chi connectivity index (χ3n) is 4.47. The molecule has 1 unspecified atom stereocenters. The van der Waals surface area contributed by atoms with Gasteiger partial charge in [-0.1, -0.05) is 12.1 Å². The Bertz CT molecular complexity index is 949. The van der Waals surface area contributed by atoms with Crippen LogP contribution in [-0.2, 0) is 9.53 Å². The Morgan fingerprint density at radius 3 is 2.40 bits per heavy atom. The monoisotopic (exact) mass is 417 g/mol. The standard InChI is InChI=1S/C23H28FNO5/c1-13-8-7-9-18(29-6)20(13)15-10-14(2)21(24)16(11-15)17(12-19(26)27)25-22(28)30-23(3,4)5/h7-11,17H,12H2,1-6H3,(H,25,28)(H,26,27). The summed E-state index contributed by atoms with van der Waals surface area (Å²) < 4.78 is 25.7. The highest BCUT2D eigenvalue weighted by molar-refractivity contribution is 5.76. The number of alkyl carbamates (subject to hydrolysis) is 1. The van der Waals surface area contributed by atoms with E-state index in [-0.39, 0.29) is 5.56 Å². The Morgan fingerprint density at radius 1 is 1.17 bits per heavy atom. The van der Waals surface area contributed by atoms with Crippen molar-refractivity contribution in [2.75, 3.05) is 7.11 Å². The number of hydrogen-bond acceptors (Lipinski definition) is 4. The van der Waals surface area contributed by atoms with Crippen LogP contribution in [0.2, 0.25) is 0 Å². The minimum Gasteiger partial charge on any atom is -0.496 e. The number of hydrogen-bond donors (Lipinski definition) is 2. The summed E-state index contributed by atoms with van der Waals surface area (Å²) in [6.07, 6.45) is -1.31. The molecule has 0 spiro atoms. The first-order chi connectivity index (χ1) is 13.9. The number of carbonyl (C=O) groups is 2. The van der Waals surface area contributed by atoms with Gasteiger partial charge in [-0.15, -0.1) is 0 Å². The fraction of sp³-hybridized carbons (Fsp3) is 0.391. The van der Waals surface area contributed by atoms with Crippen LogP contribution < -0.4 is 10.1 Å². The maximum absolute atomic E-state index is 15.1. The van der Waals surface area contributed by atoms with Crippen molar-refractivity contribution in [3.05, 3.63) is 52.8 Å². The van der Waals surface area contributed by atoms with Crippen LogP contribution >= 0.6 is 0 Å². The Hall–Kier alpha value is -3.09. The van der Waals surface area contributed by atoms with Gasteiger partial charge in [-0.25, -0.2) is 9.18 Å². The molecular weight excluding hydrogens is 389 g/mol. The molecule has 0 aliphatic carbocycles. The van der Waals surface area contributed by atoms with Gasteiger partial charge in [-0.3, -0.25) is 4.79 Å². The van der Waals surface area contributed by atoms with E-state index in [2.05, 4.69) is 5.32 Å². The van der Waals surface area contributed by atoms with Crippen LogP contribution in [0.5, 0.6) is 5.75 Å². The molecule has 30 heavy (non-hydrogen) atoms. The van der Waals surface area contributed by atoms with E-state index < -0.39 is 35.9 Å². The second-order valence-corrected chi connectivity index (χ2v) is 8.15. The predicted molar refractivity (Wildman–Crippen MR) is 112 cm³/mol. The molecule has 0 bridgehead atoms. The molecule has 1 atom stereocenters. The van der Waals surface area contributed by atoms with Crippen molar-refractivity contribution >= 4 is 12.1 Å². The SMILES string of the molecule is COc1cccc(C)c1-c1cc(C)c(F)c(C(CC(=O)O)NC(=O)OC(C)(C)C)c1. The average Bonchev–Trinajstić information content (AvgIpc) is 2.61. The number of benzene rings is 2. The van der Waals surface area contributed by atoms with Crippen molar-refractivity contribution in [3.63, 3.8) is 0 Å². The largest absolute Gasteiger partial charge is 0.496 e. The van der Waals surface area contributed by atoms with Gasteiger partial charge in [-0.2, -0.15) is 0 Å². The Kier molecular flexibility index (Phi) is 7.08. The topological polar surface area (TPSA) is 84.9 Å². The Balaban J connectivity index is 2.57. The lowest BCUT2D eigenvalue weighted by Crippen LogP contribution is -2.36. The van der Waals surface area contributed by atoms with E-state index in [0.717, 1.165) is 11.1 Å². The van der Waals surface area contributed by atoms with Gasteiger partial charge in [0.05, 0.1) is 19.6 Å². The van der Waals surface area contributed by atoms with E-state index >= 15 is 4.39 Å². The van der Waals surface area contributed by atoms with E-state index in [9.17, 15) is 14.7 Å². The molecule has 0 heterocycles.